The van der Waals surface area contributed by atoms with Gasteiger partial charge in [-0.3, -0.25) is 4.90 Å². The van der Waals surface area contributed by atoms with Crippen LogP contribution in [-0.2, 0) is 11.3 Å². The van der Waals surface area contributed by atoms with Gasteiger partial charge in [0.2, 0.25) is 0 Å². The topological polar surface area (TPSA) is 61.6 Å². The van der Waals surface area contributed by atoms with Gasteiger partial charge in [-0.2, -0.15) is 0 Å². The number of benzene rings is 1. The van der Waals surface area contributed by atoms with E-state index in [0.717, 1.165) is 18.7 Å². The number of fused-ring (bicyclic) bond motifs is 1. The number of piperidine rings is 1. The molecule has 0 radical (unpaired) electrons. The minimum Gasteiger partial charge on any atom is -0.443 e. The maximum Gasteiger partial charge on any atom is 0.414 e. The first-order valence-corrected chi connectivity index (χ1v) is 12.0. The van der Waals surface area contributed by atoms with Crippen molar-refractivity contribution in [1.82, 2.24) is 0 Å². The Bertz CT molecular complexity index is 759. The average Bonchev–Trinajstić information content (AvgIpc) is 2.68. The van der Waals surface area contributed by atoms with Gasteiger partial charge in [-0.25, -0.2) is 4.79 Å². The van der Waals surface area contributed by atoms with E-state index in [-0.39, 0.29) is 12.1 Å². The number of anilines is 1. The molecule has 0 aromatic heterocycles. The van der Waals surface area contributed by atoms with Crippen LogP contribution in [-0.4, -0.2) is 31.3 Å². The van der Waals surface area contributed by atoms with Crippen molar-refractivity contribution >= 4 is 11.8 Å². The second-order valence-electron chi connectivity index (χ2n) is 11.0. The van der Waals surface area contributed by atoms with E-state index in [1.54, 1.807) is 9.80 Å². The van der Waals surface area contributed by atoms with E-state index in [0.29, 0.717) is 12.0 Å². The Labute approximate surface area is 181 Å². The molecule has 1 aliphatic carbocycles. The minimum absolute atomic E-state index is 0.236. The van der Waals surface area contributed by atoms with E-state index in [9.17, 15) is 4.79 Å². The highest BCUT2D eigenvalue weighted by atomic mass is 16.6. The second-order valence-corrected chi connectivity index (χ2v) is 11.0. The van der Waals surface area contributed by atoms with E-state index in [4.69, 9.17) is 4.74 Å². The van der Waals surface area contributed by atoms with Gasteiger partial charge in [-0.05, 0) is 58.6 Å². The van der Waals surface area contributed by atoms with Crippen LogP contribution in [0.1, 0.15) is 89.3 Å². The first kappa shape index (κ1) is 21.6. The van der Waals surface area contributed by atoms with Crippen molar-refractivity contribution in [3.05, 3.63) is 29.3 Å². The van der Waals surface area contributed by atoms with Gasteiger partial charge in [-0.1, -0.05) is 25.3 Å². The molecule has 1 amide bonds. The summed E-state index contributed by atoms with van der Waals surface area (Å²) in [4.78, 5) is 16.3. The molecular weight excluding hydrogens is 374 g/mol. The summed E-state index contributed by atoms with van der Waals surface area (Å²) in [5.41, 5.74) is 8.08. The fourth-order valence-electron chi connectivity index (χ4n) is 5.94. The van der Waals surface area contributed by atoms with E-state index in [1.807, 2.05) is 20.8 Å². The zero-order valence-corrected chi connectivity index (χ0v) is 19.3. The van der Waals surface area contributed by atoms with Crippen molar-refractivity contribution in [3.8, 4) is 0 Å². The molecule has 3 aliphatic rings. The van der Waals surface area contributed by atoms with Gasteiger partial charge in [0.25, 0.3) is 0 Å². The molecule has 2 aliphatic heterocycles. The number of hydrogen-bond donors (Lipinski definition) is 2. The second kappa shape index (κ2) is 8.51. The lowest BCUT2D eigenvalue weighted by Crippen LogP contribution is -3.13. The summed E-state index contributed by atoms with van der Waals surface area (Å²) in [7, 11) is 0. The zero-order valence-electron chi connectivity index (χ0n) is 19.3. The monoisotopic (exact) mass is 415 g/mol. The predicted molar refractivity (Wildman–Crippen MR) is 119 cm³/mol. The van der Waals surface area contributed by atoms with Crippen molar-refractivity contribution in [2.24, 2.45) is 5.41 Å². The summed E-state index contributed by atoms with van der Waals surface area (Å²) in [5.74, 6) is 0. The number of hydrogen-bond acceptors (Lipinski definition) is 2. The Balaban J connectivity index is 1.49. The maximum absolute atomic E-state index is 12.7. The summed E-state index contributed by atoms with van der Waals surface area (Å²) in [6.45, 7) is 10.2. The van der Waals surface area contributed by atoms with E-state index < -0.39 is 5.60 Å². The van der Waals surface area contributed by atoms with Crippen LogP contribution in [0.15, 0.2) is 18.2 Å². The van der Waals surface area contributed by atoms with Crippen molar-refractivity contribution in [2.45, 2.75) is 90.3 Å². The molecule has 4 N–H and O–H groups in total. The Morgan fingerprint density at radius 1 is 1.20 bits per heavy atom. The van der Waals surface area contributed by atoms with Crippen LogP contribution in [0.3, 0.4) is 0 Å². The van der Waals surface area contributed by atoms with Crippen LogP contribution < -0.4 is 15.5 Å². The molecule has 166 valence electrons. The SMILES string of the molecule is CC(C)(C)OC(=O)N1CC[C@@H]([NH3+])c2cc(C[NH+]3CCCC4(CCCCC4)C3)ccc21. The smallest absolute Gasteiger partial charge is 0.414 e. The van der Waals surface area contributed by atoms with Crippen molar-refractivity contribution < 1.29 is 20.2 Å². The Morgan fingerprint density at radius 3 is 2.67 bits per heavy atom. The molecule has 1 aromatic rings. The van der Waals surface area contributed by atoms with Gasteiger partial charge in [0.15, 0.2) is 0 Å². The lowest BCUT2D eigenvalue weighted by molar-refractivity contribution is -0.926. The lowest BCUT2D eigenvalue weighted by atomic mass is 9.69. The molecule has 5 nitrogen and oxygen atoms in total. The number of rotatable bonds is 2. The third-order valence-corrected chi connectivity index (χ3v) is 7.37. The number of amides is 1. The molecule has 1 saturated carbocycles. The lowest BCUT2D eigenvalue weighted by Gasteiger charge is -2.43. The summed E-state index contributed by atoms with van der Waals surface area (Å²) >= 11 is 0. The minimum atomic E-state index is -0.481. The van der Waals surface area contributed by atoms with Crippen molar-refractivity contribution in [2.75, 3.05) is 24.5 Å². The molecule has 2 atom stereocenters. The average molecular weight is 416 g/mol. The highest BCUT2D eigenvalue weighted by Gasteiger charge is 2.39. The number of nitrogens with one attached hydrogen (secondary N) is 1. The molecule has 1 aromatic carbocycles. The van der Waals surface area contributed by atoms with E-state index >= 15 is 0 Å². The quantitative estimate of drug-likeness (QED) is 0.779. The first-order chi connectivity index (χ1) is 14.2. The van der Waals surface area contributed by atoms with Crippen molar-refractivity contribution in [3.63, 3.8) is 0 Å². The highest BCUT2D eigenvalue weighted by molar-refractivity contribution is 5.89. The third kappa shape index (κ3) is 4.83. The van der Waals surface area contributed by atoms with Crippen LogP contribution in [0, 0.1) is 5.41 Å². The molecular formula is C25H41N3O2+2. The maximum atomic E-state index is 12.7. The summed E-state index contributed by atoms with van der Waals surface area (Å²) < 4.78 is 5.65. The Morgan fingerprint density at radius 2 is 1.93 bits per heavy atom. The predicted octanol–water partition coefficient (Wildman–Crippen LogP) is 3.24. The van der Waals surface area contributed by atoms with E-state index in [2.05, 4.69) is 23.9 Å². The Hall–Kier alpha value is -1.59. The molecule has 1 unspecified atom stereocenters. The summed E-state index contributed by atoms with van der Waals surface area (Å²) in [6, 6.07) is 6.91. The number of quaternary nitrogens is 2. The number of likely N-dealkylation sites (tertiary alicyclic amines) is 1. The molecule has 1 spiro atoms. The van der Waals surface area contributed by atoms with Gasteiger partial charge in [0.1, 0.15) is 18.2 Å². The fourth-order valence-corrected chi connectivity index (χ4v) is 5.94. The molecule has 4 rings (SSSR count). The van der Waals surface area contributed by atoms with Gasteiger partial charge in [0, 0.05) is 29.5 Å². The van der Waals surface area contributed by atoms with E-state index in [1.165, 1.54) is 69.2 Å². The van der Waals surface area contributed by atoms with Crippen LogP contribution in [0.4, 0.5) is 10.5 Å². The van der Waals surface area contributed by atoms with Crippen molar-refractivity contribution in [1.29, 1.82) is 0 Å². The van der Waals surface area contributed by atoms with Gasteiger partial charge >= 0.3 is 6.09 Å². The van der Waals surface area contributed by atoms with Gasteiger partial charge < -0.3 is 15.4 Å². The number of nitrogens with zero attached hydrogens (tertiary/aromatic N) is 1. The molecule has 2 heterocycles. The van der Waals surface area contributed by atoms with Crippen LogP contribution >= 0.6 is 0 Å². The standard InChI is InChI=1S/C25H39N3O2/c1-24(2,3)30-23(29)28-15-10-21(26)20-16-19(8-9-22(20)28)17-27-14-7-13-25(18-27)11-5-4-6-12-25/h8-9,16,21H,4-7,10-15,17-18,26H2,1-3H3/p+2/t21-/m1/s1. The first-order valence-electron chi connectivity index (χ1n) is 12.0. The third-order valence-electron chi connectivity index (χ3n) is 7.37. The molecule has 5 heteroatoms. The molecule has 30 heavy (non-hydrogen) atoms. The number of carbonyl (C=O) groups excluding carboxylic acids is 1. The zero-order chi connectivity index (χ0) is 21.4. The number of carbonyl (C=O) groups is 1. The molecule has 2 fully saturated rings. The van der Waals surface area contributed by atoms with Gasteiger partial charge in [-0.15, -0.1) is 0 Å². The Kier molecular flexibility index (Phi) is 6.13. The van der Waals surface area contributed by atoms with Crippen LogP contribution in [0.5, 0.6) is 0 Å². The van der Waals surface area contributed by atoms with Crippen LogP contribution in [0.25, 0.3) is 0 Å². The largest absolute Gasteiger partial charge is 0.443 e. The molecule has 0 bridgehead atoms. The normalized spacial score (nSPS) is 26.3. The fraction of sp³-hybridized carbons (Fsp3) is 0.720. The van der Waals surface area contributed by atoms with Gasteiger partial charge in [0.05, 0.1) is 18.8 Å². The highest BCUT2D eigenvalue weighted by Crippen LogP contribution is 2.40. The van der Waals surface area contributed by atoms with Crippen LogP contribution in [0.2, 0.25) is 0 Å². The molecule has 1 saturated heterocycles. The summed E-state index contributed by atoms with van der Waals surface area (Å²) in [5, 5.41) is 0. The number of ether oxygens (including phenoxy) is 1. The summed E-state index contributed by atoms with van der Waals surface area (Å²) in [6.07, 6.45) is 10.6.